The molecule has 0 aliphatic heterocycles. The van der Waals surface area contributed by atoms with Crippen LogP contribution >= 0.6 is 0 Å². The lowest BCUT2D eigenvalue weighted by molar-refractivity contribution is -0.136. The van der Waals surface area contributed by atoms with Gasteiger partial charge in [0, 0.05) is 24.6 Å². The van der Waals surface area contributed by atoms with Crippen LogP contribution < -0.4 is 5.56 Å². The number of aromatic amines is 1. The van der Waals surface area contributed by atoms with E-state index in [0.29, 0.717) is 17.8 Å². The summed E-state index contributed by atoms with van der Waals surface area (Å²) in [5, 5.41) is 8.43. The number of hydrogen-bond donors (Lipinski definition) is 2. The standard InChI is InChI=1S/C9H12N2O3/c1-2-7-10-5-6(9(14)11-7)3-4-8(12)13/h5H,2-4H2,1H3,(H,12,13)(H,10,11,14). The molecule has 2 N–H and O–H groups in total. The van der Waals surface area contributed by atoms with E-state index in [1.165, 1.54) is 6.20 Å². The summed E-state index contributed by atoms with van der Waals surface area (Å²) in [4.78, 5) is 28.2. The summed E-state index contributed by atoms with van der Waals surface area (Å²) in [5.41, 5.74) is 0.183. The molecule has 0 saturated carbocycles. The molecule has 14 heavy (non-hydrogen) atoms. The van der Waals surface area contributed by atoms with Crippen LogP contribution in [0.25, 0.3) is 0 Å². The van der Waals surface area contributed by atoms with Gasteiger partial charge in [-0.1, -0.05) is 6.92 Å². The molecule has 0 bridgehead atoms. The van der Waals surface area contributed by atoms with E-state index in [2.05, 4.69) is 9.97 Å². The molecule has 0 fully saturated rings. The van der Waals surface area contributed by atoms with Gasteiger partial charge in [0.15, 0.2) is 0 Å². The number of carboxylic acid groups (broad SMARTS) is 1. The molecule has 0 unspecified atom stereocenters. The summed E-state index contributed by atoms with van der Waals surface area (Å²) in [5.74, 6) is -0.293. The molecule has 0 spiro atoms. The van der Waals surface area contributed by atoms with E-state index in [-0.39, 0.29) is 18.4 Å². The number of aromatic nitrogens is 2. The fourth-order valence-electron chi connectivity index (χ4n) is 1.06. The van der Waals surface area contributed by atoms with Gasteiger partial charge in [-0.3, -0.25) is 9.59 Å². The lowest BCUT2D eigenvalue weighted by Crippen LogP contribution is -2.16. The molecule has 1 heterocycles. The number of aryl methyl sites for hydroxylation is 2. The first-order valence-corrected chi connectivity index (χ1v) is 4.42. The molecule has 5 nitrogen and oxygen atoms in total. The van der Waals surface area contributed by atoms with Crippen molar-refractivity contribution in [2.45, 2.75) is 26.2 Å². The van der Waals surface area contributed by atoms with Gasteiger partial charge in [0.1, 0.15) is 5.82 Å². The average Bonchev–Trinajstić information content (AvgIpc) is 2.15. The smallest absolute Gasteiger partial charge is 0.303 e. The van der Waals surface area contributed by atoms with Crippen LogP contribution in [0.4, 0.5) is 0 Å². The quantitative estimate of drug-likeness (QED) is 0.727. The van der Waals surface area contributed by atoms with Crippen LogP contribution in [0.5, 0.6) is 0 Å². The van der Waals surface area contributed by atoms with Gasteiger partial charge in [-0.05, 0) is 6.42 Å². The highest BCUT2D eigenvalue weighted by Gasteiger charge is 2.04. The van der Waals surface area contributed by atoms with Gasteiger partial charge in [-0.15, -0.1) is 0 Å². The molecule has 0 saturated heterocycles. The Hall–Kier alpha value is -1.65. The third-order valence-corrected chi connectivity index (χ3v) is 1.87. The van der Waals surface area contributed by atoms with Crippen molar-refractivity contribution >= 4 is 5.97 Å². The lowest BCUT2D eigenvalue weighted by atomic mass is 10.2. The topological polar surface area (TPSA) is 83.0 Å². The first kappa shape index (κ1) is 10.4. The normalized spacial score (nSPS) is 10.1. The van der Waals surface area contributed by atoms with E-state index in [9.17, 15) is 9.59 Å². The summed E-state index contributed by atoms with van der Waals surface area (Å²) >= 11 is 0. The zero-order valence-corrected chi connectivity index (χ0v) is 7.91. The Balaban J connectivity index is 2.79. The van der Waals surface area contributed by atoms with Crippen molar-refractivity contribution in [2.75, 3.05) is 0 Å². The Morgan fingerprint density at radius 3 is 2.86 bits per heavy atom. The second-order valence-corrected chi connectivity index (χ2v) is 2.93. The van der Waals surface area contributed by atoms with Gasteiger partial charge in [0.2, 0.25) is 0 Å². The van der Waals surface area contributed by atoms with Crippen molar-refractivity contribution in [3.8, 4) is 0 Å². The van der Waals surface area contributed by atoms with E-state index >= 15 is 0 Å². The van der Waals surface area contributed by atoms with Crippen LogP contribution in [0.3, 0.4) is 0 Å². The second-order valence-electron chi connectivity index (χ2n) is 2.93. The molecule has 0 aromatic carbocycles. The highest BCUT2D eigenvalue weighted by Crippen LogP contribution is 1.95. The summed E-state index contributed by atoms with van der Waals surface area (Å²) in [6, 6.07) is 0. The zero-order valence-electron chi connectivity index (χ0n) is 7.91. The number of hydrogen-bond acceptors (Lipinski definition) is 3. The van der Waals surface area contributed by atoms with Crippen molar-refractivity contribution < 1.29 is 9.90 Å². The molecule has 5 heteroatoms. The minimum Gasteiger partial charge on any atom is -0.481 e. The average molecular weight is 196 g/mol. The molecule has 0 radical (unpaired) electrons. The van der Waals surface area contributed by atoms with Gasteiger partial charge < -0.3 is 10.1 Å². The molecule has 0 aliphatic rings. The van der Waals surface area contributed by atoms with Gasteiger partial charge in [-0.25, -0.2) is 4.98 Å². The molecular weight excluding hydrogens is 184 g/mol. The molecule has 1 aromatic heterocycles. The van der Waals surface area contributed by atoms with Crippen LogP contribution in [-0.4, -0.2) is 21.0 Å². The Bertz CT molecular complexity index is 384. The van der Waals surface area contributed by atoms with E-state index in [1.807, 2.05) is 6.92 Å². The van der Waals surface area contributed by atoms with Crippen LogP contribution in [0.15, 0.2) is 11.0 Å². The van der Waals surface area contributed by atoms with Crippen molar-refractivity contribution in [1.82, 2.24) is 9.97 Å². The Labute approximate surface area is 80.8 Å². The van der Waals surface area contributed by atoms with Gasteiger partial charge >= 0.3 is 5.97 Å². The number of nitrogens with one attached hydrogen (secondary N) is 1. The number of carboxylic acids is 1. The summed E-state index contributed by atoms with van der Waals surface area (Å²) < 4.78 is 0. The number of nitrogens with zero attached hydrogens (tertiary/aromatic N) is 1. The number of H-pyrrole nitrogens is 1. The Kier molecular flexibility index (Phi) is 3.39. The fourth-order valence-corrected chi connectivity index (χ4v) is 1.06. The first-order valence-electron chi connectivity index (χ1n) is 4.42. The SMILES string of the molecule is CCc1ncc(CCC(=O)O)c(=O)[nH]1. The minimum absolute atomic E-state index is 0.0454. The van der Waals surface area contributed by atoms with E-state index < -0.39 is 5.97 Å². The molecular formula is C9H12N2O3. The van der Waals surface area contributed by atoms with Crippen LogP contribution in [0.2, 0.25) is 0 Å². The van der Waals surface area contributed by atoms with Gasteiger partial charge in [0.05, 0.1) is 0 Å². The zero-order chi connectivity index (χ0) is 10.6. The maximum Gasteiger partial charge on any atom is 0.303 e. The molecule has 76 valence electrons. The van der Waals surface area contributed by atoms with Gasteiger partial charge in [-0.2, -0.15) is 0 Å². The molecule has 1 aromatic rings. The minimum atomic E-state index is -0.913. The highest BCUT2D eigenvalue weighted by molar-refractivity contribution is 5.67. The predicted octanol–water partition coefficient (Wildman–Crippen LogP) is 0.349. The predicted molar refractivity (Wildman–Crippen MR) is 50.2 cm³/mol. The highest BCUT2D eigenvalue weighted by atomic mass is 16.4. The molecule has 1 rings (SSSR count). The monoisotopic (exact) mass is 196 g/mol. The van der Waals surface area contributed by atoms with E-state index in [0.717, 1.165) is 0 Å². The van der Waals surface area contributed by atoms with Gasteiger partial charge in [0.25, 0.3) is 5.56 Å². The van der Waals surface area contributed by atoms with E-state index in [1.54, 1.807) is 0 Å². The number of carbonyl (C=O) groups is 1. The molecule has 0 atom stereocenters. The number of rotatable bonds is 4. The van der Waals surface area contributed by atoms with Crippen LogP contribution in [0, 0.1) is 0 Å². The Morgan fingerprint density at radius 1 is 1.64 bits per heavy atom. The molecule has 0 aliphatic carbocycles. The van der Waals surface area contributed by atoms with Crippen LogP contribution in [-0.2, 0) is 17.6 Å². The largest absolute Gasteiger partial charge is 0.481 e. The third kappa shape index (κ3) is 2.69. The third-order valence-electron chi connectivity index (χ3n) is 1.87. The summed E-state index contributed by atoms with van der Waals surface area (Å²) in [6.45, 7) is 1.88. The van der Waals surface area contributed by atoms with Crippen molar-refractivity contribution in [3.05, 3.63) is 27.9 Å². The van der Waals surface area contributed by atoms with Crippen molar-refractivity contribution in [3.63, 3.8) is 0 Å². The lowest BCUT2D eigenvalue weighted by Gasteiger charge is -1.99. The van der Waals surface area contributed by atoms with E-state index in [4.69, 9.17) is 5.11 Å². The second kappa shape index (κ2) is 4.55. The fraction of sp³-hybridized carbons (Fsp3) is 0.444. The Morgan fingerprint density at radius 2 is 2.36 bits per heavy atom. The first-order chi connectivity index (χ1) is 6.63. The number of aliphatic carboxylic acids is 1. The maximum atomic E-state index is 11.3. The van der Waals surface area contributed by atoms with Crippen molar-refractivity contribution in [2.24, 2.45) is 0 Å². The summed E-state index contributed by atoms with van der Waals surface area (Å²) in [6.07, 6.45) is 2.28. The van der Waals surface area contributed by atoms with Crippen LogP contribution in [0.1, 0.15) is 24.7 Å². The summed E-state index contributed by atoms with van der Waals surface area (Å²) in [7, 11) is 0. The maximum absolute atomic E-state index is 11.3. The van der Waals surface area contributed by atoms with Crippen molar-refractivity contribution in [1.29, 1.82) is 0 Å². The molecule has 0 amide bonds.